The van der Waals surface area contributed by atoms with Gasteiger partial charge < -0.3 is 14.2 Å². The fourth-order valence-electron chi connectivity index (χ4n) is 6.68. The minimum atomic E-state index is -0.803. The highest BCUT2D eigenvalue weighted by molar-refractivity contribution is 5.71. The van der Waals surface area contributed by atoms with E-state index in [-0.39, 0.29) is 31.1 Å². The smallest absolute Gasteiger partial charge is 0.306 e. The highest BCUT2D eigenvalue weighted by atomic mass is 16.6. The molecule has 0 bridgehead atoms. The van der Waals surface area contributed by atoms with E-state index < -0.39 is 6.10 Å². The maximum Gasteiger partial charge on any atom is 0.306 e. The van der Waals surface area contributed by atoms with Gasteiger partial charge in [0.1, 0.15) is 13.2 Å². The number of ether oxygens (including phenoxy) is 3. The predicted octanol–water partition coefficient (Wildman–Crippen LogP) is 17.0. The summed E-state index contributed by atoms with van der Waals surface area (Å²) in [7, 11) is 0. The standard InChI is InChI=1S/C57H94O6/c1-4-7-10-13-16-19-22-25-28-31-34-37-40-43-46-49-55(58)61-52-54(63-57(60)51-48-45-42-39-36-33-30-27-24-21-18-15-12-9-6-3)53-62-56(59)50-47-44-41-38-35-32-29-26-23-20-17-14-11-8-5-2/h13,15-22,24-30,54H,4-12,14,23,31-53H2,1-3H3/b16-13+,18-15+,20-17+,22-19+,24-21+,28-25+,29-26+,30-27+. The minimum Gasteiger partial charge on any atom is -0.462 e. The van der Waals surface area contributed by atoms with Crippen LogP contribution >= 0.6 is 0 Å². The SMILES string of the molecule is CCCC/C=C/C=C/C=C/CCCCCCCC(=O)OCC(COC(=O)CCCCCCC/C=C/C/C=C/CCCCC)OC(=O)CCCCCCC/C=C/C=C/C=C/CCCC. The van der Waals surface area contributed by atoms with Crippen LogP contribution in [0.3, 0.4) is 0 Å². The number of carbonyl (C=O) groups excluding carboxylic acids is 3. The summed E-state index contributed by atoms with van der Waals surface area (Å²) in [5, 5.41) is 0. The van der Waals surface area contributed by atoms with E-state index in [0.29, 0.717) is 19.3 Å². The normalized spacial score (nSPS) is 12.9. The van der Waals surface area contributed by atoms with E-state index in [2.05, 4.69) is 118 Å². The lowest BCUT2D eigenvalue weighted by Gasteiger charge is -2.18. The molecular formula is C57H94O6. The third-order valence-electron chi connectivity index (χ3n) is 10.7. The van der Waals surface area contributed by atoms with E-state index in [0.717, 1.165) is 135 Å². The molecule has 1 unspecified atom stereocenters. The number of hydrogen-bond donors (Lipinski definition) is 0. The zero-order valence-electron chi connectivity index (χ0n) is 40.8. The number of unbranched alkanes of at least 4 members (excludes halogenated alkanes) is 22. The van der Waals surface area contributed by atoms with Gasteiger partial charge in [0.05, 0.1) is 0 Å². The zero-order valence-corrected chi connectivity index (χ0v) is 40.8. The maximum absolute atomic E-state index is 12.8. The fourth-order valence-corrected chi connectivity index (χ4v) is 6.68. The van der Waals surface area contributed by atoms with Gasteiger partial charge >= 0.3 is 17.9 Å². The van der Waals surface area contributed by atoms with Gasteiger partial charge in [-0.2, -0.15) is 0 Å². The molecule has 0 aliphatic carbocycles. The Morgan fingerprint density at radius 3 is 1.05 bits per heavy atom. The topological polar surface area (TPSA) is 78.9 Å². The first-order valence-corrected chi connectivity index (χ1v) is 25.8. The first-order chi connectivity index (χ1) is 31.0. The van der Waals surface area contributed by atoms with Gasteiger partial charge in [0.2, 0.25) is 0 Å². The maximum atomic E-state index is 12.8. The van der Waals surface area contributed by atoms with E-state index in [1.54, 1.807) is 0 Å². The summed E-state index contributed by atoms with van der Waals surface area (Å²) in [6.45, 7) is 6.45. The summed E-state index contributed by atoms with van der Waals surface area (Å²) in [5.41, 5.74) is 0. The third-order valence-corrected chi connectivity index (χ3v) is 10.7. The highest BCUT2D eigenvalue weighted by Crippen LogP contribution is 2.13. The van der Waals surface area contributed by atoms with Gasteiger partial charge in [0.15, 0.2) is 6.10 Å². The molecule has 0 aliphatic rings. The Hall–Kier alpha value is -3.67. The predicted molar refractivity (Wildman–Crippen MR) is 270 cm³/mol. The van der Waals surface area contributed by atoms with Crippen molar-refractivity contribution in [3.05, 3.63) is 97.2 Å². The van der Waals surface area contributed by atoms with E-state index in [1.807, 2.05) is 0 Å². The second-order valence-electron chi connectivity index (χ2n) is 16.8. The lowest BCUT2D eigenvalue weighted by molar-refractivity contribution is -0.167. The van der Waals surface area contributed by atoms with Crippen molar-refractivity contribution in [1.29, 1.82) is 0 Å². The van der Waals surface area contributed by atoms with Crippen LogP contribution in [0.4, 0.5) is 0 Å². The van der Waals surface area contributed by atoms with Crippen molar-refractivity contribution >= 4 is 17.9 Å². The summed E-state index contributed by atoms with van der Waals surface area (Å²) >= 11 is 0. The van der Waals surface area contributed by atoms with Crippen LogP contribution in [0.25, 0.3) is 0 Å². The summed E-state index contributed by atoms with van der Waals surface area (Å²) in [6, 6.07) is 0. The summed E-state index contributed by atoms with van der Waals surface area (Å²) in [5.74, 6) is -0.958. The average molecular weight is 875 g/mol. The molecule has 358 valence electrons. The number of hydrogen-bond acceptors (Lipinski definition) is 6. The molecular weight excluding hydrogens is 781 g/mol. The number of esters is 3. The highest BCUT2D eigenvalue weighted by Gasteiger charge is 2.19. The lowest BCUT2D eigenvalue weighted by Crippen LogP contribution is -2.30. The molecule has 1 atom stereocenters. The first-order valence-electron chi connectivity index (χ1n) is 25.8. The van der Waals surface area contributed by atoms with Crippen LogP contribution in [0.15, 0.2) is 97.2 Å². The lowest BCUT2D eigenvalue weighted by atomic mass is 10.1. The van der Waals surface area contributed by atoms with Crippen molar-refractivity contribution in [3.63, 3.8) is 0 Å². The average Bonchev–Trinajstić information content (AvgIpc) is 3.28. The van der Waals surface area contributed by atoms with E-state index in [4.69, 9.17) is 14.2 Å². The van der Waals surface area contributed by atoms with Crippen molar-refractivity contribution < 1.29 is 28.6 Å². The zero-order chi connectivity index (χ0) is 45.8. The van der Waals surface area contributed by atoms with Crippen LogP contribution in [0.2, 0.25) is 0 Å². The van der Waals surface area contributed by atoms with E-state index >= 15 is 0 Å². The molecule has 0 aromatic carbocycles. The Morgan fingerprint density at radius 1 is 0.333 bits per heavy atom. The molecule has 0 saturated carbocycles. The molecule has 6 nitrogen and oxygen atoms in total. The molecule has 0 aliphatic heterocycles. The molecule has 0 spiro atoms. The quantitative estimate of drug-likeness (QED) is 0.0199. The van der Waals surface area contributed by atoms with Gasteiger partial charge in [-0.3, -0.25) is 14.4 Å². The monoisotopic (exact) mass is 875 g/mol. The molecule has 0 radical (unpaired) electrons. The number of carbonyl (C=O) groups is 3. The second kappa shape index (κ2) is 51.0. The third kappa shape index (κ3) is 49.2. The summed E-state index contributed by atoms with van der Waals surface area (Å²) in [4.78, 5) is 38.0. The van der Waals surface area contributed by atoms with Crippen LogP contribution in [-0.2, 0) is 28.6 Å². The van der Waals surface area contributed by atoms with E-state index in [9.17, 15) is 14.4 Å². The van der Waals surface area contributed by atoms with Crippen LogP contribution in [0.5, 0.6) is 0 Å². The van der Waals surface area contributed by atoms with Crippen molar-refractivity contribution in [2.24, 2.45) is 0 Å². The summed E-state index contributed by atoms with van der Waals surface area (Å²) in [6.07, 6.45) is 66.6. The Morgan fingerprint density at radius 2 is 0.651 bits per heavy atom. The van der Waals surface area contributed by atoms with Crippen molar-refractivity contribution in [1.82, 2.24) is 0 Å². The fraction of sp³-hybridized carbons (Fsp3) is 0.667. The first kappa shape index (κ1) is 59.3. The second-order valence-corrected chi connectivity index (χ2v) is 16.8. The summed E-state index contributed by atoms with van der Waals surface area (Å²) < 4.78 is 16.8. The van der Waals surface area contributed by atoms with Gasteiger partial charge in [0.25, 0.3) is 0 Å². The van der Waals surface area contributed by atoms with Crippen molar-refractivity contribution in [2.75, 3.05) is 13.2 Å². The Balaban J connectivity index is 4.50. The van der Waals surface area contributed by atoms with Crippen molar-refractivity contribution in [3.8, 4) is 0 Å². The minimum absolute atomic E-state index is 0.101. The Labute approximate surface area is 387 Å². The van der Waals surface area contributed by atoms with Gasteiger partial charge in [-0.1, -0.05) is 214 Å². The largest absolute Gasteiger partial charge is 0.462 e. The number of allylic oxidation sites excluding steroid dienone is 16. The Kier molecular flexibility index (Phi) is 48.0. The van der Waals surface area contributed by atoms with Gasteiger partial charge in [0, 0.05) is 19.3 Å². The molecule has 63 heavy (non-hydrogen) atoms. The molecule has 0 saturated heterocycles. The molecule has 6 heteroatoms. The molecule has 0 rings (SSSR count). The van der Waals surface area contributed by atoms with Gasteiger partial charge in [-0.05, 0) is 89.9 Å². The van der Waals surface area contributed by atoms with Crippen LogP contribution in [0, 0.1) is 0 Å². The van der Waals surface area contributed by atoms with Crippen LogP contribution in [0.1, 0.15) is 226 Å². The Bertz CT molecular complexity index is 1280. The van der Waals surface area contributed by atoms with E-state index in [1.165, 1.54) is 51.4 Å². The van der Waals surface area contributed by atoms with Crippen LogP contribution in [-0.4, -0.2) is 37.2 Å². The van der Waals surface area contributed by atoms with Crippen LogP contribution < -0.4 is 0 Å². The van der Waals surface area contributed by atoms with Gasteiger partial charge in [-0.15, -0.1) is 0 Å². The molecule has 0 fully saturated rings. The molecule has 0 N–H and O–H groups in total. The van der Waals surface area contributed by atoms with Crippen molar-refractivity contribution in [2.45, 2.75) is 232 Å². The molecule has 0 aromatic rings. The molecule has 0 heterocycles. The molecule has 0 aromatic heterocycles. The molecule has 0 amide bonds. The number of rotatable bonds is 45. The van der Waals surface area contributed by atoms with Gasteiger partial charge in [-0.25, -0.2) is 0 Å².